The SMILES string of the molecule is CC1=CC2CC(C)=C(C)CC2C(=O)C1=O. The van der Waals surface area contributed by atoms with Gasteiger partial charge >= 0.3 is 0 Å². The molecule has 0 heterocycles. The van der Waals surface area contributed by atoms with Gasteiger partial charge in [0.15, 0.2) is 0 Å². The van der Waals surface area contributed by atoms with E-state index in [1.54, 1.807) is 6.92 Å². The minimum absolute atomic E-state index is 0.0788. The number of ketones is 2. The average molecular weight is 204 g/mol. The zero-order chi connectivity index (χ0) is 11.2. The fourth-order valence-electron chi connectivity index (χ4n) is 2.55. The van der Waals surface area contributed by atoms with Gasteiger partial charge in [0.1, 0.15) is 0 Å². The maximum atomic E-state index is 11.8. The molecule has 2 nitrogen and oxygen atoms in total. The van der Waals surface area contributed by atoms with E-state index < -0.39 is 0 Å². The fourth-order valence-corrected chi connectivity index (χ4v) is 2.55. The topological polar surface area (TPSA) is 34.1 Å². The Morgan fingerprint density at radius 2 is 1.67 bits per heavy atom. The number of hydrogen-bond donors (Lipinski definition) is 0. The van der Waals surface area contributed by atoms with E-state index in [2.05, 4.69) is 13.8 Å². The van der Waals surface area contributed by atoms with E-state index in [4.69, 9.17) is 0 Å². The summed E-state index contributed by atoms with van der Waals surface area (Å²) in [5.41, 5.74) is 3.29. The summed E-state index contributed by atoms with van der Waals surface area (Å²) in [4.78, 5) is 23.3. The Hall–Kier alpha value is -1.18. The van der Waals surface area contributed by atoms with Gasteiger partial charge in [0, 0.05) is 5.92 Å². The highest BCUT2D eigenvalue weighted by atomic mass is 16.2. The van der Waals surface area contributed by atoms with E-state index >= 15 is 0 Å². The van der Waals surface area contributed by atoms with Crippen LogP contribution in [0.2, 0.25) is 0 Å². The summed E-state index contributed by atoms with van der Waals surface area (Å²) in [7, 11) is 0. The van der Waals surface area contributed by atoms with Crippen molar-refractivity contribution in [3.63, 3.8) is 0 Å². The summed E-state index contributed by atoms with van der Waals surface area (Å²) >= 11 is 0. The van der Waals surface area contributed by atoms with Crippen molar-refractivity contribution in [1.82, 2.24) is 0 Å². The number of Topliss-reactive ketones (excluding diaryl/α,β-unsaturated/α-hetero) is 2. The Morgan fingerprint density at radius 1 is 1.07 bits per heavy atom. The van der Waals surface area contributed by atoms with Crippen LogP contribution >= 0.6 is 0 Å². The number of fused-ring (bicyclic) bond motifs is 1. The lowest BCUT2D eigenvalue weighted by Gasteiger charge is -2.32. The Balaban J connectivity index is 2.38. The van der Waals surface area contributed by atoms with Crippen LogP contribution in [0, 0.1) is 11.8 Å². The van der Waals surface area contributed by atoms with Crippen molar-refractivity contribution in [3.8, 4) is 0 Å². The Labute approximate surface area is 90.1 Å². The van der Waals surface area contributed by atoms with E-state index in [-0.39, 0.29) is 23.4 Å². The maximum Gasteiger partial charge on any atom is 0.224 e. The molecule has 0 fully saturated rings. The van der Waals surface area contributed by atoms with Crippen molar-refractivity contribution < 1.29 is 9.59 Å². The van der Waals surface area contributed by atoms with Crippen LogP contribution in [0.4, 0.5) is 0 Å². The van der Waals surface area contributed by atoms with Crippen LogP contribution in [0.5, 0.6) is 0 Å². The van der Waals surface area contributed by atoms with Crippen LogP contribution in [-0.4, -0.2) is 11.6 Å². The molecule has 2 atom stereocenters. The van der Waals surface area contributed by atoms with Crippen molar-refractivity contribution >= 4 is 11.6 Å². The zero-order valence-corrected chi connectivity index (χ0v) is 9.46. The highest BCUT2D eigenvalue weighted by Gasteiger charge is 2.38. The molecule has 0 amide bonds. The summed E-state index contributed by atoms with van der Waals surface area (Å²) in [6.07, 6.45) is 3.70. The molecule has 0 aromatic carbocycles. The smallest absolute Gasteiger partial charge is 0.224 e. The minimum atomic E-state index is -0.274. The number of carbonyl (C=O) groups is 2. The van der Waals surface area contributed by atoms with Gasteiger partial charge in [-0.25, -0.2) is 0 Å². The van der Waals surface area contributed by atoms with Crippen LogP contribution < -0.4 is 0 Å². The first-order valence-corrected chi connectivity index (χ1v) is 5.43. The lowest BCUT2D eigenvalue weighted by Crippen LogP contribution is -2.36. The lowest BCUT2D eigenvalue weighted by atomic mass is 9.70. The molecule has 0 bridgehead atoms. The molecule has 2 heteroatoms. The maximum absolute atomic E-state index is 11.8. The fraction of sp³-hybridized carbons (Fsp3) is 0.538. The average Bonchev–Trinajstić information content (AvgIpc) is 2.19. The molecule has 0 N–H and O–H groups in total. The highest BCUT2D eigenvalue weighted by molar-refractivity contribution is 6.44. The molecular weight excluding hydrogens is 188 g/mol. The quantitative estimate of drug-likeness (QED) is 0.448. The normalized spacial score (nSPS) is 31.5. The van der Waals surface area contributed by atoms with Gasteiger partial charge in [0.05, 0.1) is 0 Å². The molecule has 2 unspecified atom stereocenters. The molecule has 0 aromatic rings. The first kappa shape index (κ1) is 10.3. The summed E-state index contributed by atoms with van der Waals surface area (Å²) in [6.45, 7) is 5.93. The Kier molecular flexibility index (Phi) is 2.37. The van der Waals surface area contributed by atoms with Gasteiger partial charge in [-0.15, -0.1) is 0 Å². The Morgan fingerprint density at radius 3 is 2.33 bits per heavy atom. The molecule has 0 aromatic heterocycles. The molecule has 80 valence electrons. The van der Waals surface area contributed by atoms with Crippen molar-refractivity contribution in [2.45, 2.75) is 33.6 Å². The van der Waals surface area contributed by atoms with Gasteiger partial charge in [-0.1, -0.05) is 17.2 Å². The zero-order valence-electron chi connectivity index (χ0n) is 9.46. The summed E-state index contributed by atoms with van der Waals surface area (Å²) in [5.74, 6) is -0.265. The van der Waals surface area contributed by atoms with Crippen LogP contribution in [0.25, 0.3) is 0 Å². The third-order valence-electron chi connectivity index (χ3n) is 3.70. The largest absolute Gasteiger partial charge is 0.290 e. The van der Waals surface area contributed by atoms with Crippen LogP contribution in [-0.2, 0) is 9.59 Å². The van der Waals surface area contributed by atoms with Gasteiger partial charge in [-0.2, -0.15) is 0 Å². The first-order valence-electron chi connectivity index (χ1n) is 5.43. The minimum Gasteiger partial charge on any atom is -0.290 e. The molecule has 2 aliphatic carbocycles. The molecule has 0 saturated heterocycles. The third-order valence-corrected chi connectivity index (χ3v) is 3.70. The molecule has 2 rings (SSSR count). The molecule has 2 aliphatic rings. The van der Waals surface area contributed by atoms with Gasteiger partial charge in [0.25, 0.3) is 0 Å². The van der Waals surface area contributed by atoms with Crippen LogP contribution in [0.15, 0.2) is 22.8 Å². The van der Waals surface area contributed by atoms with Gasteiger partial charge in [-0.3, -0.25) is 9.59 Å². The van der Waals surface area contributed by atoms with Crippen molar-refractivity contribution in [2.24, 2.45) is 11.8 Å². The molecule has 0 saturated carbocycles. The Bertz CT molecular complexity index is 399. The van der Waals surface area contributed by atoms with Gasteiger partial charge < -0.3 is 0 Å². The molecule has 0 aliphatic heterocycles. The van der Waals surface area contributed by atoms with E-state index in [1.807, 2.05) is 6.08 Å². The number of carbonyl (C=O) groups excluding carboxylic acids is 2. The van der Waals surface area contributed by atoms with Crippen molar-refractivity contribution in [1.29, 1.82) is 0 Å². The van der Waals surface area contributed by atoms with Gasteiger partial charge in [0.2, 0.25) is 11.6 Å². The van der Waals surface area contributed by atoms with E-state index in [0.717, 1.165) is 12.8 Å². The lowest BCUT2D eigenvalue weighted by molar-refractivity contribution is -0.138. The number of hydrogen-bond acceptors (Lipinski definition) is 2. The third kappa shape index (κ3) is 1.58. The standard InChI is InChI=1S/C13H16O2/c1-7-4-10-5-9(3)12(14)13(15)11(10)6-8(7)2/h5,10-11H,4,6H2,1-3H3. The van der Waals surface area contributed by atoms with E-state index in [0.29, 0.717) is 5.57 Å². The second-order valence-corrected chi connectivity index (χ2v) is 4.78. The molecule has 15 heavy (non-hydrogen) atoms. The molecule has 0 spiro atoms. The second kappa shape index (κ2) is 3.44. The number of allylic oxidation sites excluding steroid dienone is 4. The summed E-state index contributed by atoms with van der Waals surface area (Å²) < 4.78 is 0. The molecule has 0 radical (unpaired) electrons. The van der Waals surface area contributed by atoms with Gasteiger partial charge in [-0.05, 0) is 45.1 Å². The predicted molar refractivity (Wildman–Crippen MR) is 58.4 cm³/mol. The monoisotopic (exact) mass is 204 g/mol. The highest BCUT2D eigenvalue weighted by Crippen LogP contribution is 2.38. The first-order chi connectivity index (χ1) is 7.00. The van der Waals surface area contributed by atoms with E-state index in [9.17, 15) is 9.59 Å². The predicted octanol–water partition coefficient (Wildman–Crippen LogP) is 2.45. The van der Waals surface area contributed by atoms with Crippen LogP contribution in [0.1, 0.15) is 33.6 Å². The van der Waals surface area contributed by atoms with Crippen molar-refractivity contribution in [2.75, 3.05) is 0 Å². The van der Waals surface area contributed by atoms with Crippen LogP contribution in [0.3, 0.4) is 0 Å². The summed E-state index contributed by atoms with van der Waals surface area (Å²) in [6, 6.07) is 0. The molecular formula is C13H16O2. The number of rotatable bonds is 0. The second-order valence-electron chi connectivity index (χ2n) is 4.78. The summed E-state index contributed by atoms with van der Waals surface area (Å²) in [5, 5.41) is 0. The van der Waals surface area contributed by atoms with E-state index in [1.165, 1.54) is 11.1 Å². The van der Waals surface area contributed by atoms with Crippen molar-refractivity contribution in [3.05, 3.63) is 22.8 Å².